The third-order valence-corrected chi connectivity index (χ3v) is 13.0. The van der Waals surface area contributed by atoms with Crippen molar-refractivity contribution in [3.8, 4) is 40.3 Å². The van der Waals surface area contributed by atoms with Crippen LogP contribution in [0, 0.1) is 11.6 Å². The van der Waals surface area contributed by atoms with Gasteiger partial charge in [-0.05, 0) is 69.7 Å². The lowest BCUT2D eigenvalue weighted by atomic mass is 10.2. The van der Waals surface area contributed by atoms with Crippen molar-refractivity contribution < 1.29 is 47.6 Å². The quantitative estimate of drug-likeness (QED) is 0.0482. The predicted octanol–water partition coefficient (Wildman–Crippen LogP) is 7.84. The van der Waals surface area contributed by atoms with Gasteiger partial charge >= 0.3 is 11.9 Å². The molecule has 0 spiro atoms. The largest absolute Gasteiger partial charge is 0.486 e. The van der Waals surface area contributed by atoms with Gasteiger partial charge in [0.15, 0.2) is 34.8 Å². The summed E-state index contributed by atoms with van der Waals surface area (Å²) in [7, 11) is 0. The Kier molecular flexibility index (Phi) is 16.0. The molecule has 0 radical (unpaired) electrons. The van der Waals surface area contributed by atoms with E-state index in [-0.39, 0.29) is 89.4 Å². The van der Waals surface area contributed by atoms with Gasteiger partial charge in [-0.15, -0.1) is 0 Å². The van der Waals surface area contributed by atoms with E-state index in [1.807, 2.05) is 4.68 Å². The maximum absolute atomic E-state index is 14.5. The Labute approximate surface area is 454 Å². The van der Waals surface area contributed by atoms with Gasteiger partial charge in [0, 0.05) is 76.9 Å². The van der Waals surface area contributed by atoms with E-state index in [0.29, 0.717) is 46.3 Å². The number of aliphatic hydroxyl groups is 1. The zero-order valence-electron chi connectivity index (χ0n) is 42.8. The van der Waals surface area contributed by atoms with E-state index in [1.54, 1.807) is 60.1 Å². The van der Waals surface area contributed by atoms with Crippen molar-refractivity contribution in [2.24, 2.45) is 5.73 Å². The van der Waals surface area contributed by atoms with E-state index >= 15 is 0 Å². The predicted molar refractivity (Wildman–Crippen MR) is 285 cm³/mol. The summed E-state index contributed by atoms with van der Waals surface area (Å²) in [6.45, 7) is 2.25. The molecule has 22 nitrogen and oxygen atoms in total. The summed E-state index contributed by atoms with van der Waals surface area (Å²) < 4.78 is 49.2. The maximum Gasteiger partial charge on any atom is 0.341 e. The second-order valence-corrected chi connectivity index (χ2v) is 18.1. The van der Waals surface area contributed by atoms with Crippen molar-refractivity contribution >= 4 is 40.9 Å². The Morgan fingerprint density at radius 3 is 1.70 bits per heavy atom. The molecule has 0 bridgehead atoms. The number of benzene rings is 2. The second kappa shape index (κ2) is 24.1. The smallest absolute Gasteiger partial charge is 0.341 e. The van der Waals surface area contributed by atoms with Gasteiger partial charge in [0.1, 0.15) is 46.5 Å². The van der Waals surface area contributed by atoms with Crippen LogP contribution in [0.1, 0.15) is 84.5 Å². The summed E-state index contributed by atoms with van der Waals surface area (Å²) in [5, 5.41) is 34.6. The number of fused-ring (bicyclic) bond motifs is 2. The number of aliphatic hydroxyl groups excluding tert-OH is 1. The van der Waals surface area contributed by atoms with Gasteiger partial charge in [0.05, 0.1) is 55.6 Å². The molecule has 11 rings (SSSR count). The number of carbonyl (C=O) groups is 3. The first-order valence-electron chi connectivity index (χ1n) is 25.3. The number of esters is 1. The lowest BCUT2D eigenvalue weighted by Crippen LogP contribution is -2.14. The summed E-state index contributed by atoms with van der Waals surface area (Å²) in [6.07, 6.45) is 16.2. The van der Waals surface area contributed by atoms with Crippen molar-refractivity contribution in [1.29, 1.82) is 0 Å². The van der Waals surface area contributed by atoms with Gasteiger partial charge < -0.3 is 40.8 Å². The van der Waals surface area contributed by atoms with E-state index in [4.69, 9.17) is 35.1 Å². The molecule has 1 amide bonds. The van der Waals surface area contributed by atoms with Gasteiger partial charge in [0.25, 0.3) is 5.91 Å². The number of nitrogens with one attached hydrogen (secondary N) is 2. The third kappa shape index (κ3) is 11.6. The highest BCUT2D eigenvalue weighted by Crippen LogP contribution is 2.38. The standard InChI is InChI=1S/C31H26FN7O5.C25H24FN7O3/c1-2-43-31(42)20-14-33-12-10-23(20)36-28-26(44-25-11-13-34-15-21(25)30(40)41)16-35-29(37-28)27-19-7-5-9-24(19)39(38-27)17-18-6-3-4-8-22(18)32;26-18-6-2-1-4-15(18)14-33-20-7-3-5-16(20)22(32-33)25-29-13-21(36-11-10-34)24(31-25)30-19-8-9-28-12-17(19)23(27)35/h3-4,6,8,10-16H,2,5,7,9,17H2,1H3,(H,40,41)(H,33,35,36,37);1-2,4,6,8-9,12-13,34H,3,5,7,10-11,14H2,(H2,27,35)(H,28,29,30,31). The first-order valence-corrected chi connectivity index (χ1v) is 25.3. The molecular formula is C56H50F2N14O8. The minimum absolute atomic E-state index is 0.0160. The highest BCUT2D eigenvalue weighted by molar-refractivity contribution is 5.99. The van der Waals surface area contributed by atoms with Crippen LogP contribution in [0.4, 0.5) is 31.8 Å². The summed E-state index contributed by atoms with van der Waals surface area (Å²) in [5.41, 5.74) is 12.6. The van der Waals surface area contributed by atoms with Crippen LogP contribution < -0.4 is 25.8 Å². The molecule has 2 aromatic carbocycles. The number of hydrogen-bond acceptors (Lipinski definition) is 18. The van der Waals surface area contributed by atoms with Crippen molar-refractivity contribution in [2.45, 2.75) is 58.5 Å². The van der Waals surface area contributed by atoms with E-state index in [9.17, 15) is 33.4 Å². The molecule has 7 heterocycles. The molecule has 7 aromatic heterocycles. The number of halogens is 2. The third-order valence-electron chi connectivity index (χ3n) is 13.0. The molecule has 0 atom stereocenters. The molecular weight excluding hydrogens is 1030 g/mol. The molecule has 9 aromatic rings. The molecule has 2 aliphatic rings. The van der Waals surface area contributed by atoms with E-state index < -0.39 is 17.8 Å². The minimum atomic E-state index is -1.23. The number of aromatic carboxylic acids is 1. The average Bonchev–Trinajstić information content (AvgIpc) is 4.49. The Bertz CT molecular complexity index is 3780. The van der Waals surface area contributed by atoms with Gasteiger partial charge in [-0.3, -0.25) is 29.1 Å². The Morgan fingerprint density at radius 1 is 0.650 bits per heavy atom. The lowest BCUT2D eigenvalue weighted by molar-refractivity contribution is 0.0526. The Hall–Kier alpha value is -10.1. The van der Waals surface area contributed by atoms with E-state index in [2.05, 4.69) is 40.5 Å². The number of ether oxygens (including phenoxy) is 3. The van der Waals surface area contributed by atoms with Crippen LogP contribution in [0.25, 0.3) is 23.0 Å². The molecule has 0 aliphatic heterocycles. The number of carboxylic acids is 1. The average molecular weight is 1090 g/mol. The highest BCUT2D eigenvalue weighted by Gasteiger charge is 2.29. The van der Waals surface area contributed by atoms with Crippen molar-refractivity contribution in [1.82, 2.24) is 54.4 Å². The number of nitrogens with two attached hydrogens (primary N) is 1. The summed E-state index contributed by atoms with van der Waals surface area (Å²) >= 11 is 0. The van der Waals surface area contributed by atoms with Gasteiger partial charge in [-0.1, -0.05) is 36.4 Å². The fourth-order valence-electron chi connectivity index (χ4n) is 9.28. The zero-order valence-corrected chi connectivity index (χ0v) is 42.8. The molecule has 6 N–H and O–H groups in total. The molecule has 24 heteroatoms. The fraction of sp³-hybridized carbons (Fsp3) is 0.214. The van der Waals surface area contributed by atoms with Crippen molar-refractivity contribution in [3.05, 3.63) is 178 Å². The van der Waals surface area contributed by atoms with Crippen LogP contribution in [-0.4, -0.2) is 102 Å². The molecule has 0 unspecified atom stereocenters. The number of carbonyl (C=O) groups excluding carboxylic acids is 2. The number of aromatic nitrogens is 11. The van der Waals surface area contributed by atoms with Crippen LogP contribution in [0.5, 0.6) is 17.2 Å². The highest BCUT2D eigenvalue weighted by atomic mass is 19.1. The normalized spacial score (nSPS) is 12.2. The maximum atomic E-state index is 14.5. The monoisotopic (exact) mass is 1080 g/mol. The van der Waals surface area contributed by atoms with Gasteiger partial charge in [-0.2, -0.15) is 10.2 Å². The number of anilines is 4. The number of nitrogens with zero attached hydrogens (tertiary/aromatic N) is 11. The van der Waals surface area contributed by atoms with Crippen LogP contribution in [0.15, 0.2) is 116 Å². The molecule has 406 valence electrons. The SMILES string of the molecule is CCOC(=O)c1cnccc1Nc1nc(-c2nn(Cc3ccccc3F)c3c2CCC3)ncc1Oc1ccncc1C(=O)O.NC(=O)c1cnccc1Nc1nc(-c2nn(Cc3ccccc3F)c3c2CCC3)ncc1OCCO. The Balaban J connectivity index is 0.000000184. The molecule has 0 saturated carbocycles. The number of pyridine rings is 3. The molecule has 80 heavy (non-hydrogen) atoms. The summed E-state index contributed by atoms with van der Waals surface area (Å²) in [5.74, 6) is -1.65. The first-order chi connectivity index (χ1) is 39.0. The zero-order chi connectivity index (χ0) is 55.7. The van der Waals surface area contributed by atoms with Crippen LogP contribution in [-0.2, 0) is 43.5 Å². The van der Waals surface area contributed by atoms with Gasteiger partial charge in [-0.25, -0.2) is 38.3 Å². The topological polar surface area (TPSA) is 295 Å². The number of amides is 1. The number of hydrogen-bond donors (Lipinski definition) is 5. The van der Waals surface area contributed by atoms with Crippen LogP contribution in [0.3, 0.4) is 0 Å². The second-order valence-electron chi connectivity index (χ2n) is 18.1. The van der Waals surface area contributed by atoms with Gasteiger partial charge in [0.2, 0.25) is 0 Å². The fourth-order valence-corrected chi connectivity index (χ4v) is 9.28. The molecule has 2 aliphatic carbocycles. The summed E-state index contributed by atoms with van der Waals surface area (Å²) in [4.78, 5) is 66.6. The van der Waals surface area contributed by atoms with Crippen LogP contribution in [0.2, 0.25) is 0 Å². The number of rotatable bonds is 19. The molecule has 0 fully saturated rings. The number of primary amides is 1. The lowest BCUT2D eigenvalue weighted by Gasteiger charge is -2.15. The molecule has 0 saturated heterocycles. The van der Waals surface area contributed by atoms with E-state index in [1.165, 1.54) is 67.8 Å². The summed E-state index contributed by atoms with van der Waals surface area (Å²) in [6, 6.07) is 17.8. The van der Waals surface area contributed by atoms with E-state index in [0.717, 1.165) is 61.0 Å². The van der Waals surface area contributed by atoms with Crippen LogP contribution >= 0.6 is 0 Å². The first kappa shape index (κ1) is 53.3. The van der Waals surface area contributed by atoms with Crippen molar-refractivity contribution in [3.63, 3.8) is 0 Å². The van der Waals surface area contributed by atoms with Crippen molar-refractivity contribution in [2.75, 3.05) is 30.5 Å². The number of carboxylic acid groups (broad SMARTS) is 1. The Morgan fingerprint density at radius 2 is 1.16 bits per heavy atom. The minimum Gasteiger partial charge on any atom is -0.486 e.